The van der Waals surface area contributed by atoms with Crippen molar-refractivity contribution >= 4 is 79.7 Å². The Balaban J connectivity index is 1.08. The van der Waals surface area contributed by atoms with E-state index in [1.165, 1.54) is 50.3 Å². The van der Waals surface area contributed by atoms with Crippen LogP contribution < -0.4 is 43.6 Å². The van der Waals surface area contributed by atoms with Crippen LogP contribution in [0.2, 0.25) is 0 Å². The number of carbonyl (C=O) groups is 11. The molecule has 0 aliphatic carbocycles. The first-order valence-corrected chi connectivity index (χ1v) is 24.3. The summed E-state index contributed by atoms with van der Waals surface area (Å²) in [5.74, 6) is -1.28. The Kier molecular flexibility index (Phi) is 23.0. The zero-order chi connectivity index (χ0) is 53.0. The van der Waals surface area contributed by atoms with Crippen LogP contribution in [0.5, 0.6) is 0 Å². The number of ether oxygens (including phenoxy) is 4. The van der Waals surface area contributed by atoms with Gasteiger partial charge in [-0.1, -0.05) is 19.1 Å². The van der Waals surface area contributed by atoms with Gasteiger partial charge in [0.2, 0.25) is 29.0 Å². The van der Waals surface area contributed by atoms with Gasteiger partial charge in [-0.25, -0.2) is 15.6 Å². The van der Waals surface area contributed by atoms with Crippen LogP contribution in [0.4, 0.5) is 10.5 Å². The number of nitrogens with zero attached hydrogens (tertiary/aromatic N) is 3. The SMILES string of the molecule is CCC(C=O)C(NC(=O)C(C)NC(=O)C(C)NC(=O)CCOCCOCCOCCNC(=O)CCCN1C(=O)C=CC1=O)C(=O)N(N)c1ccc(COC(=O)N2CC3(C2)C(=O)OP([C@H](N)CN)OC3=O)cc1. The minimum absolute atomic E-state index is 0.0275. The van der Waals surface area contributed by atoms with Gasteiger partial charge in [-0.3, -0.25) is 48.1 Å². The second-order valence-electron chi connectivity index (χ2n) is 16.6. The zero-order valence-corrected chi connectivity index (χ0v) is 41.1. The maximum absolute atomic E-state index is 13.7. The molecule has 0 aromatic heterocycles. The van der Waals surface area contributed by atoms with Crippen molar-refractivity contribution in [3.8, 4) is 0 Å². The number of rotatable bonds is 30. The first-order chi connectivity index (χ1) is 34.3. The molecule has 3 heterocycles. The monoisotopic (exact) mass is 1030 g/mol. The molecule has 72 heavy (non-hydrogen) atoms. The van der Waals surface area contributed by atoms with Gasteiger partial charge in [0.1, 0.15) is 36.8 Å². The van der Waals surface area contributed by atoms with Gasteiger partial charge >= 0.3 is 26.4 Å². The van der Waals surface area contributed by atoms with Gasteiger partial charge in [0.05, 0.1) is 58.4 Å². The van der Waals surface area contributed by atoms with Crippen molar-refractivity contribution < 1.29 is 80.7 Å². The van der Waals surface area contributed by atoms with E-state index in [4.69, 9.17) is 45.3 Å². The summed E-state index contributed by atoms with van der Waals surface area (Å²) in [7, 11) is -2.04. The van der Waals surface area contributed by atoms with Crippen molar-refractivity contribution in [2.75, 3.05) is 77.4 Å². The Hall–Kier alpha value is -6.48. The summed E-state index contributed by atoms with van der Waals surface area (Å²) in [5, 5.41) is 10.9. The van der Waals surface area contributed by atoms with Crippen molar-refractivity contribution in [1.29, 1.82) is 0 Å². The molecule has 0 radical (unpaired) electrons. The number of hydrazine groups is 1. The molecule has 3 aliphatic heterocycles. The van der Waals surface area contributed by atoms with E-state index in [1.54, 1.807) is 6.92 Å². The molecule has 396 valence electrons. The molecule has 10 N–H and O–H groups in total. The van der Waals surface area contributed by atoms with E-state index < -0.39 is 85.3 Å². The first-order valence-electron chi connectivity index (χ1n) is 23.0. The number of benzene rings is 1. The lowest BCUT2D eigenvalue weighted by molar-refractivity contribution is -0.178. The summed E-state index contributed by atoms with van der Waals surface area (Å²) in [5.41, 5.74) is 10.2. The Bertz CT molecular complexity index is 2120. The van der Waals surface area contributed by atoms with E-state index in [9.17, 15) is 52.7 Å². The van der Waals surface area contributed by atoms with Crippen LogP contribution in [-0.4, -0.2) is 172 Å². The van der Waals surface area contributed by atoms with Gasteiger partial charge in [0.15, 0.2) is 0 Å². The van der Waals surface area contributed by atoms with Crippen LogP contribution in [0, 0.1) is 11.3 Å². The summed E-state index contributed by atoms with van der Waals surface area (Å²) >= 11 is 0. The number of hydrogen-bond donors (Lipinski definition) is 7. The van der Waals surface area contributed by atoms with Crippen molar-refractivity contribution in [3.05, 3.63) is 42.0 Å². The molecular formula is C44H63N10O17P. The molecule has 1 aromatic carbocycles. The van der Waals surface area contributed by atoms with Crippen LogP contribution in [0.1, 0.15) is 52.0 Å². The third-order valence-corrected chi connectivity index (χ3v) is 12.7. The number of aldehydes is 1. The molecule has 2 fully saturated rings. The predicted molar refractivity (Wildman–Crippen MR) is 251 cm³/mol. The van der Waals surface area contributed by atoms with E-state index in [1.807, 2.05) is 0 Å². The number of hydrogen-bond acceptors (Lipinski definition) is 20. The lowest BCUT2D eigenvalue weighted by Crippen LogP contribution is -2.67. The first kappa shape index (κ1) is 58.1. The molecule has 5 atom stereocenters. The molecule has 27 nitrogen and oxygen atoms in total. The standard InChI is InChI=1S/C44H63N10O17P/c1-4-30(23-55)37(40(62)54(47)31-9-7-29(8-10-31)24-69-43(65)52-25-44(26-52)41(63)70-72(32(46)22-45)71-42(44)64)51-39(61)28(3)50-38(60)27(2)49-34(57)13-16-66-18-20-68-21-19-67-17-14-48-33(56)6-5-15-53-35(58)11-12-36(53)59/h7-12,23,27-28,30,32,37H,4-6,13-22,24-26,45-47H2,1-3H3,(H,48,56)(H,49,57)(H,50,60)(H,51,61)/t27?,28?,30?,32-,37?/m0/s1. The van der Waals surface area contributed by atoms with Crippen molar-refractivity contribution in [2.24, 2.45) is 28.6 Å². The third-order valence-electron chi connectivity index (χ3n) is 11.3. The van der Waals surface area contributed by atoms with Crippen LogP contribution >= 0.6 is 8.38 Å². The van der Waals surface area contributed by atoms with Crippen LogP contribution in [-0.2, 0) is 82.5 Å². The fraction of sp³-hybridized carbons (Fsp3) is 0.568. The van der Waals surface area contributed by atoms with E-state index in [2.05, 4.69) is 21.3 Å². The summed E-state index contributed by atoms with van der Waals surface area (Å²) < 4.78 is 31.9. The van der Waals surface area contributed by atoms with Gasteiger partial charge in [0, 0.05) is 50.5 Å². The van der Waals surface area contributed by atoms with Gasteiger partial charge in [-0.05, 0) is 44.4 Å². The molecule has 2 saturated heterocycles. The average Bonchev–Trinajstić information content (AvgIpc) is 3.67. The molecular weight excluding hydrogens is 972 g/mol. The zero-order valence-electron chi connectivity index (χ0n) is 40.2. The normalized spacial score (nSPS) is 17.1. The number of nitrogens with one attached hydrogen (secondary N) is 4. The van der Waals surface area contributed by atoms with E-state index in [0.717, 1.165) is 14.8 Å². The number of carbonyl (C=O) groups excluding carboxylic acids is 11. The lowest BCUT2D eigenvalue weighted by atomic mass is 9.80. The number of anilines is 1. The van der Waals surface area contributed by atoms with E-state index >= 15 is 0 Å². The molecule has 4 unspecified atom stereocenters. The highest BCUT2D eigenvalue weighted by molar-refractivity contribution is 7.49. The molecule has 1 spiro atoms. The maximum Gasteiger partial charge on any atom is 0.410 e. The molecule has 0 bridgehead atoms. The fourth-order valence-corrected chi connectivity index (χ4v) is 8.01. The van der Waals surface area contributed by atoms with E-state index in [-0.39, 0.29) is 122 Å². The minimum Gasteiger partial charge on any atom is -0.445 e. The topological polar surface area (TPSA) is 379 Å². The molecule has 3 aliphatic rings. The second-order valence-corrected chi connectivity index (χ2v) is 18.2. The quantitative estimate of drug-likeness (QED) is 0.00610. The minimum atomic E-state index is -2.04. The van der Waals surface area contributed by atoms with Crippen LogP contribution in [0.15, 0.2) is 36.4 Å². The summed E-state index contributed by atoms with van der Waals surface area (Å²) in [6.07, 6.45) is 2.63. The average molecular weight is 1040 g/mol. The van der Waals surface area contributed by atoms with Crippen LogP contribution in [0.25, 0.3) is 0 Å². The van der Waals surface area contributed by atoms with Crippen LogP contribution in [0.3, 0.4) is 0 Å². The highest BCUT2D eigenvalue weighted by Crippen LogP contribution is 2.52. The summed E-state index contributed by atoms with van der Waals surface area (Å²) in [4.78, 5) is 139. The summed E-state index contributed by atoms with van der Waals surface area (Å²) in [6.45, 7) is 5.08. The number of nitrogens with two attached hydrogens (primary N) is 3. The molecule has 8 amide bonds. The smallest absolute Gasteiger partial charge is 0.410 e. The molecule has 4 rings (SSSR count). The van der Waals surface area contributed by atoms with Gasteiger partial charge in [-0.2, -0.15) is 0 Å². The third kappa shape index (κ3) is 16.5. The largest absolute Gasteiger partial charge is 0.445 e. The predicted octanol–water partition coefficient (Wildman–Crippen LogP) is -2.53. The fourth-order valence-electron chi connectivity index (χ4n) is 6.85. The van der Waals surface area contributed by atoms with Gasteiger partial charge in [0.25, 0.3) is 17.7 Å². The van der Waals surface area contributed by atoms with E-state index in [0.29, 0.717) is 18.3 Å². The molecule has 0 saturated carbocycles. The van der Waals surface area contributed by atoms with Crippen molar-refractivity contribution in [1.82, 2.24) is 31.1 Å². The molecule has 1 aromatic rings. The lowest BCUT2D eigenvalue weighted by Gasteiger charge is -2.47. The Morgan fingerprint density at radius 2 is 1.39 bits per heavy atom. The number of amides is 8. The van der Waals surface area contributed by atoms with Gasteiger partial charge < -0.3 is 70.4 Å². The second kappa shape index (κ2) is 28.5. The highest BCUT2D eigenvalue weighted by Gasteiger charge is 2.64. The Labute approximate surface area is 415 Å². The van der Waals surface area contributed by atoms with Crippen molar-refractivity contribution in [3.63, 3.8) is 0 Å². The van der Waals surface area contributed by atoms with Gasteiger partial charge in [-0.15, -0.1) is 0 Å². The van der Waals surface area contributed by atoms with Crippen molar-refractivity contribution in [2.45, 2.75) is 77.0 Å². The number of likely N-dealkylation sites (tertiary alicyclic amines) is 1. The molecule has 28 heteroatoms. The highest BCUT2D eigenvalue weighted by atomic mass is 31.2. The summed E-state index contributed by atoms with van der Waals surface area (Å²) in [6, 6.07) is 2.15. The maximum atomic E-state index is 13.7. The number of imide groups is 1. The Morgan fingerprint density at radius 1 is 0.819 bits per heavy atom. The Morgan fingerprint density at radius 3 is 1.97 bits per heavy atom.